The normalized spacial score (nSPS) is 11.3. The predicted molar refractivity (Wildman–Crippen MR) is 124 cm³/mol. The minimum Gasteiger partial charge on any atom is -0.504 e. The number of aromatic hydroxyl groups is 1. The van der Waals surface area contributed by atoms with E-state index >= 15 is 0 Å². The Morgan fingerprint density at radius 2 is 1.74 bits per heavy atom. The van der Waals surface area contributed by atoms with E-state index in [1.165, 1.54) is 13.3 Å². The second kappa shape index (κ2) is 8.61. The highest BCUT2D eigenvalue weighted by atomic mass is 79.9. The summed E-state index contributed by atoms with van der Waals surface area (Å²) in [6.45, 7) is -0.0353. The van der Waals surface area contributed by atoms with Crippen LogP contribution in [0.4, 0.5) is 0 Å². The zero-order valence-electron chi connectivity index (χ0n) is 16.5. The largest absolute Gasteiger partial charge is 0.504 e. The van der Waals surface area contributed by atoms with Crippen molar-refractivity contribution in [2.45, 2.75) is 6.54 Å². The molecule has 0 unspecified atom stereocenters. The second-order valence-electron chi connectivity index (χ2n) is 6.79. The van der Waals surface area contributed by atoms with Crippen LogP contribution in [0.25, 0.3) is 21.8 Å². The standard InChI is InChI=1S/C23H18BrN3O4/c1-31-20-11-15(24)10-14(22(20)29)12-25-26-21(28)13-27-18-8-4-2-6-16(18)23(30)17-7-3-5-9-19(17)27/h2-12,29H,13H2,1H3,(H,26,28). The number of para-hydroxylation sites is 2. The van der Waals surface area contributed by atoms with Gasteiger partial charge in [-0.15, -0.1) is 0 Å². The van der Waals surface area contributed by atoms with Gasteiger partial charge in [-0.05, 0) is 36.4 Å². The van der Waals surface area contributed by atoms with Gasteiger partial charge >= 0.3 is 0 Å². The summed E-state index contributed by atoms with van der Waals surface area (Å²) >= 11 is 3.34. The highest BCUT2D eigenvalue weighted by Crippen LogP contribution is 2.32. The first-order valence-corrected chi connectivity index (χ1v) is 10.2. The van der Waals surface area contributed by atoms with Crippen LogP contribution in [-0.2, 0) is 11.3 Å². The highest BCUT2D eigenvalue weighted by molar-refractivity contribution is 9.10. The number of pyridine rings is 1. The number of rotatable bonds is 5. The van der Waals surface area contributed by atoms with Gasteiger partial charge in [-0.3, -0.25) is 9.59 Å². The van der Waals surface area contributed by atoms with Crippen molar-refractivity contribution >= 4 is 49.9 Å². The smallest absolute Gasteiger partial charge is 0.260 e. The Bertz CT molecular complexity index is 1340. The molecule has 0 fully saturated rings. The number of aromatic nitrogens is 1. The molecule has 1 aromatic heterocycles. The summed E-state index contributed by atoms with van der Waals surface area (Å²) in [4.78, 5) is 25.4. The first kappa shape index (κ1) is 20.6. The van der Waals surface area contributed by atoms with Gasteiger partial charge in [-0.1, -0.05) is 40.2 Å². The van der Waals surface area contributed by atoms with E-state index in [0.29, 0.717) is 31.8 Å². The van der Waals surface area contributed by atoms with Crippen molar-refractivity contribution in [3.63, 3.8) is 0 Å². The van der Waals surface area contributed by atoms with E-state index in [4.69, 9.17) is 4.74 Å². The van der Waals surface area contributed by atoms with Gasteiger partial charge in [0, 0.05) is 20.8 Å². The third-order valence-corrected chi connectivity index (χ3v) is 5.32. The van der Waals surface area contributed by atoms with Crippen LogP contribution in [0.5, 0.6) is 11.5 Å². The Labute approximate surface area is 185 Å². The van der Waals surface area contributed by atoms with Crippen molar-refractivity contribution in [2.75, 3.05) is 7.11 Å². The van der Waals surface area contributed by atoms with Crippen LogP contribution in [0, 0.1) is 0 Å². The molecule has 7 nitrogen and oxygen atoms in total. The first-order valence-electron chi connectivity index (χ1n) is 9.38. The maximum absolute atomic E-state index is 12.8. The second-order valence-corrected chi connectivity index (χ2v) is 7.70. The fourth-order valence-electron chi connectivity index (χ4n) is 3.45. The summed E-state index contributed by atoms with van der Waals surface area (Å²) in [5.74, 6) is -0.175. The molecule has 2 N–H and O–H groups in total. The van der Waals surface area contributed by atoms with Crippen LogP contribution >= 0.6 is 15.9 Å². The van der Waals surface area contributed by atoms with Gasteiger partial charge in [-0.25, -0.2) is 5.43 Å². The van der Waals surface area contributed by atoms with Crippen molar-refractivity contribution in [1.82, 2.24) is 9.99 Å². The lowest BCUT2D eigenvalue weighted by atomic mass is 10.1. The van der Waals surface area contributed by atoms with Gasteiger partial charge in [-0.2, -0.15) is 5.10 Å². The maximum Gasteiger partial charge on any atom is 0.260 e. The topological polar surface area (TPSA) is 92.9 Å². The van der Waals surface area contributed by atoms with Gasteiger partial charge in [0.05, 0.1) is 24.4 Å². The van der Waals surface area contributed by atoms with Gasteiger partial charge in [0.25, 0.3) is 5.91 Å². The van der Waals surface area contributed by atoms with E-state index in [1.807, 2.05) is 24.3 Å². The Balaban J connectivity index is 1.64. The summed E-state index contributed by atoms with van der Waals surface area (Å²) < 4.78 is 7.59. The lowest BCUT2D eigenvalue weighted by molar-refractivity contribution is -0.121. The number of hydrazone groups is 1. The molecular formula is C23H18BrN3O4. The molecule has 0 spiro atoms. The molecule has 4 rings (SSSR count). The lowest BCUT2D eigenvalue weighted by Gasteiger charge is -2.14. The fraction of sp³-hybridized carbons (Fsp3) is 0.0870. The summed E-state index contributed by atoms with van der Waals surface area (Å²) in [6.07, 6.45) is 1.34. The van der Waals surface area contributed by atoms with Crippen LogP contribution in [-0.4, -0.2) is 28.9 Å². The SMILES string of the molecule is COc1cc(Br)cc(C=NNC(=O)Cn2c3ccccc3c(=O)c3ccccc32)c1O. The molecule has 0 aliphatic rings. The number of ether oxygens (including phenoxy) is 1. The van der Waals surface area contributed by atoms with Crippen LogP contribution in [0.1, 0.15) is 5.56 Å². The Hall–Kier alpha value is -3.65. The number of benzene rings is 3. The molecule has 8 heteroatoms. The zero-order chi connectivity index (χ0) is 22.0. The molecule has 0 radical (unpaired) electrons. The van der Waals surface area contributed by atoms with E-state index in [1.54, 1.807) is 41.0 Å². The van der Waals surface area contributed by atoms with Crippen LogP contribution < -0.4 is 15.6 Å². The van der Waals surface area contributed by atoms with E-state index in [2.05, 4.69) is 26.5 Å². The molecular weight excluding hydrogens is 462 g/mol. The first-order chi connectivity index (χ1) is 15.0. The van der Waals surface area contributed by atoms with Crippen molar-refractivity contribution < 1.29 is 14.6 Å². The number of fused-ring (bicyclic) bond motifs is 2. The molecule has 156 valence electrons. The molecule has 0 saturated carbocycles. The summed E-state index contributed by atoms with van der Waals surface area (Å²) in [6, 6.07) is 17.6. The number of hydrogen-bond donors (Lipinski definition) is 2. The molecule has 1 amide bonds. The van der Waals surface area contributed by atoms with E-state index in [-0.39, 0.29) is 29.4 Å². The number of amides is 1. The molecule has 0 aliphatic carbocycles. The average Bonchev–Trinajstić information content (AvgIpc) is 2.78. The summed E-state index contributed by atoms with van der Waals surface area (Å²) in [7, 11) is 1.45. The maximum atomic E-state index is 12.8. The van der Waals surface area contributed by atoms with E-state index < -0.39 is 0 Å². The number of phenolic OH excluding ortho intramolecular Hbond substituents is 1. The Morgan fingerprint density at radius 3 is 2.35 bits per heavy atom. The number of methoxy groups -OCH3 is 1. The number of halogens is 1. The summed E-state index contributed by atoms with van der Waals surface area (Å²) in [5.41, 5.74) is 4.12. The van der Waals surface area contributed by atoms with Crippen molar-refractivity contribution in [3.8, 4) is 11.5 Å². The Kier molecular flexibility index (Phi) is 5.73. The number of carbonyl (C=O) groups excluding carboxylic acids is 1. The highest BCUT2D eigenvalue weighted by Gasteiger charge is 2.13. The van der Waals surface area contributed by atoms with Crippen LogP contribution in [0.3, 0.4) is 0 Å². The van der Waals surface area contributed by atoms with Crippen molar-refractivity contribution in [1.29, 1.82) is 0 Å². The van der Waals surface area contributed by atoms with Crippen LogP contribution in [0.2, 0.25) is 0 Å². The lowest BCUT2D eigenvalue weighted by Crippen LogP contribution is -2.25. The van der Waals surface area contributed by atoms with E-state index in [9.17, 15) is 14.7 Å². The number of nitrogens with one attached hydrogen (secondary N) is 1. The number of hydrogen-bond acceptors (Lipinski definition) is 5. The molecule has 0 saturated heterocycles. The number of phenols is 1. The molecule has 0 atom stereocenters. The third kappa shape index (κ3) is 4.02. The molecule has 4 aromatic rings. The quantitative estimate of drug-likeness (QED) is 0.258. The molecule has 0 bridgehead atoms. The van der Waals surface area contributed by atoms with Gasteiger partial charge in [0.2, 0.25) is 0 Å². The average molecular weight is 480 g/mol. The third-order valence-electron chi connectivity index (χ3n) is 4.86. The fourth-order valence-corrected chi connectivity index (χ4v) is 3.90. The predicted octanol–water partition coefficient (Wildman–Crippen LogP) is 3.78. The van der Waals surface area contributed by atoms with Crippen molar-refractivity contribution in [3.05, 3.63) is 80.9 Å². The summed E-state index contributed by atoms with van der Waals surface area (Å²) in [5, 5.41) is 15.2. The minimum absolute atomic E-state index is 0.0353. The minimum atomic E-state index is -0.378. The van der Waals surface area contributed by atoms with Gasteiger partial charge < -0.3 is 14.4 Å². The van der Waals surface area contributed by atoms with Gasteiger partial charge in [0.1, 0.15) is 6.54 Å². The van der Waals surface area contributed by atoms with Crippen molar-refractivity contribution in [2.24, 2.45) is 5.10 Å². The molecule has 1 heterocycles. The number of carbonyl (C=O) groups is 1. The molecule has 0 aliphatic heterocycles. The van der Waals surface area contributed by atoms with Gasteiger partial charge in [0.15, 0.2) is 16.9 Å². The molecule has 3 aromatic carbocycles. The zero-order valence-corrected chi connectivity index (χ0v) is 18.1. The monoisotopic (exact) mass is 479 g/mol. The van der Waals surface area contributed by atoms with Crippen LogP contribution in [0.15, 0.2) is 75.0 Å². The Morgan fingerprint density at radius 1 is 1.13 bits per heavy atom. The number of nitrogens with zero attached hydrogens (tertiary/aromatic N) is 2. The molecule has 31 heavy (non-hydrogen) atoms. The van der Waals surface area contributed by atoms with E-state index in [0.717, 1.165) is 0 Å².